The lowest BCUT2D eigenvalue weighted by atomic mass is 9.81. The molecule has 3 aliphatic rings. The van der Waals surface area contributed by atoms with Gasteiger partial charge in [0, 0.05) is 31.7 Å². The lowest BCUT2D eigenvalue weighted by Crippen LogP contribution is -2.59. The van der Waals surface area contributed by atoms with E-state index in [9.17, 15) is 9.59 Å². The van der Waals surface area contributed by atoms with E-state index in [1.54, 1.807) is 9.80 Å². The summed E-state index contributed by atoms with van der Waals surface area (Å²) in [5.41, 5.74) is 0.0120. The van der Waals surface area contributed by atoms with E-state index in [1.165, 1.54) is 0 Å². The zero-order valence-corrected chi connectivity index (χ0v) is 12.6. The highest BCUT2D eigenvalue weighted by Gasteiger charge is 2.44. The molecule has 0 radical (unpaired) electrons. The lowest BCUT2D eigenvalue weighted by molar-refractivity contribution is -0.155. The molecule has 0 aromatic rings. The Hall–Kier alpha value is -0.750. The molecule has 3 heterocycles. The standard InChI is InChI=1S/C14H22N2O3S/c17-12-8-15(13(18)11-2-1-5-16(11)12)9-14(10-20)3-6-19-7-4-14/h11,20H,1-10H2. The molecule has 0 saturated carbocycles. The van der Waals surface area contributed by atoms with Gasteiger partial charge in [-0.15, -0.1) is 0 Å². The predicted octanol–water partition coefficient (Wildman–Crippen LogP) is 0.546. The van der Waals surface area contributed by atoms with Gasteiger partial charge in [0.25, 0.3) is 0 Å². The van der Waals surface area contributed by atoms with Crippen molar-refractivity contribution in [1.82, 2.24) is 9.80 Å². The van der Waals surface area contributed by atoms with E-state index in [0.29, 0.717) is 6.54 Å². The van der Waals surface area contributed by atoms with Gasteiger partial charge in [0.05, 0.1) is 6.54 Å². The number of thiol groups is 1. The van der Waals surface area contributed by atoms with Crippen LogP contribution in [0.3, 0.4) is 0 Å². The number of fused-ring (bicyclic) bond motifs is 1. The molecule has 3 aliphatic heterocycles. The fourth-order valence-electron chi connectivity index (χ4n) is 3.57. The van der Waals surface area contributed by atoms with Crippen LogP contribution in [0.2, 0.25) is 0 Å². The van der Waals surface area contributed by atoms with E-state index in [2.05, 4.69) is 12.6 Å². The van der Waals surface area contributed by atoms with Gasteiger partial charge in [0.2, 0.25) is 11.8 Å². The molecule has 1 atom stereocenters. The van der Waals surface area contributed by atoms with Gasteiger partial charge >= 0.3 is 0 Å². The summed E-state index contributed by atoms with van der Waals surface area (Å²) < 4.78 is 5.42. The average Bonchev–Trinajstić information content (AvgIpc) is 2.96. The smallest absolute Gasteiger partial charge is 0.245 e. The Balaban J connectivity index is 1.73. The molecule has 5 nitrogen and oxygen atoms in total. The van der Waals surface area contributed by atoms with Crippen molar-refractivity contribution < 1.29 is 14.3 Å². The van der Waals surface area contributed by atoms with Gasteiger partial charge < -0.3 is 14.5 Å². The second kappa shape index (κ2) is 5.56. The maximum absolute atomic E-state index is 12.6. The molecule has 0 aliphatic carbocycles. The third kappa shape index (κ3) is 2.44. The summed E-state index contributed by atoms with van der Waals surface area (Å²) in [6.07, 6.45) is 3.60. The largest absolute Gasteiger partial charge is 0.381 e. The van der Waals surface area contributed by atoms with E-state index >= 15 is 0 Å². The molecule has 0 bridgehead atoms. The Morgan fingerprint density at radius 2 is 2.05 bits per heavy atom. The highest BCUT2D eigenvalue weighted by atomic mass is 32.1. The number of carbonyl (C=O) groups is 2. The quantitative estimate of drug-likeness (QED) is 0.774. The van der Waals surface area contributed by atoms with Crippen LogP contribution in [-0.4, -0.2) is 66.3 Å². The first-order valence-electron chi connectivity index (χ1n) is 7.42. The molecule has 20 heavy (non-hydrogen) atoms. The number of amides is 2. The number of ether oxygens (including phenoxy) is 1. The summed E-state index contributed by atoms with van der Waals surface area (Å²) in [4.78, 5) is 28.2. The third-order valence-corrected chi connectivity index (χ3v) is 5.58. The van der Waals surface area contributed by atoms with E-state index < -0.39 is 0 Å². The van der Waals surface area contributed by atoms with Crippen LogP contribution in [0.1, 0.15) is 25.7 Å². The van der Waals surface area contributed by atoms with Crippen molar-refractivity contribution >= 4 is 24.4 Å². The zero-order valence-electron chi connectivity index (χ0n) is 11.7. The highest BCUT2D eigenvalue weighted by Crippen LogP contribution is 2.34. The van der Waals surface area contributed by atoms with Gasteiger partial charge in [-0.3, -0.25) is 9.59 Å². The van der Waals surface area contributed by atoms with Gasteiger partial charge in [0.15, 0.2) is 0 Å². The normalized spacial score (nSPS) is 29.8. The van der Waals surface area contributed by atoms with Crippen LogP contribution >= 0.6 is 12.6 Å². The van der Waals surface area contributed by atoms with E-state index in [0.717, 1.165) is 51.2 Å². The van der Waals surface area contributed by atoms with Crippen LogP contribution in [0.15, 0.2) is 0 Å². The van der Waals surface area contributed by atoms with Crippen LogP contribution in [0.25, 0.3) is 0 Å². The molecular weight excluding hydrogens is 276 g/mol. The molecular formula is C14H22N2O3S. The Morgan fingerprint density at radius 1 is 1.30 bits per heavy atom. The van der Waals surface area contributed by atoms with Crippen LogP contribution in [-0.2, 0) is 14.3 Å². The van der Waals surface area contributed by atoms with Crippen LogP contribution in [0.5, 0.6) is 0 Å². The minimum Gasteiger partial charge on any atom is -0.381 e. The first-order valence-corrected chi connectivity index (χ1v) is 8.05. The summed E-state index contributed by atoms with van der Waals surface area (Å²) in [7, 11) is 0. The Kier molecular flexibility index (Phi) is 3.95. The third-order valence-electron chi connectivity index (χ3n) is 4.91. The number of rotatable bonds is 3. The average molecular weight is 298 g/mol. The summed E-state index contributed by atoms with van der Waals surface area (Å²) in [6.45, 7) is 3.09. The maximum atomic E-state index is 12.6. The second-order valence-electron chi connectivity index (χ2n) is 6.21. The molecule has 112 valence electrons. The molecule has 3 rings (SSSR count). The maximum Gasteiger partial charge on any atom is 0.245 e. The van der Waals surface area contributed by atoms with Crippen molar-refractivity contribution in [1.29, 1.82) is 0 Å². The van der Waals surface area contributed by atoms with Crippen molar-refractivity contribution in [3.8, 4) is 0 Å². The Morgan fingerprint density at radius 3 is 2.75 bits per heavy atom. The van der Waals surface area contributed by atoms with Crippen molar-refractivity contribution in [3.05, 3.63) is 0 Å². The molecule has 3 saturated heterocycles. The molecule has 0 N–H and O–H groups in total. The monoisotopic (exact) mass is 298 g/mol. The topological polar surface area (TPSA) is 49.9 Å². The van der Waals surface area contributed by atoms with Crippen molar-refractivity contribution in [3.63, 3.8) is 0 Å². The molecule has 0 aromatic heterocycles. The number of carbonyl (C=O) groups excluding carboxylic acids is 2. The SMILES string of the molecule is O=C1C2CCCN2C(=O)CN1CC1(CS)CCOCC1. The van der Waals surface area contributed by atoms with E-state index in [-0.39, 0.29) is 29.8 Å². The van der Waals surface area contributed by atoms with Gasteiger partial charge in [0.1, 0.15) is 6.04 Å². The van der Waals surface area contributed by atoms with Crippen molar-refractivity contribution in [2.24, 2.45) is 5.41 Å². The Labute approximate surface area is 125 Å². The fourth-order valence-corrected chi connectivity index (χ4v) is 3.99. The molecule has 0 spiro atoms. The van der Waals surface area contributed by atoms with Gasteiger partial charge in [-0.1, -0.05) is 0 Å². The fraction of sp³-hybridized carbons (Fsp3) is 0.857. The minimum absolute atomic E-state index is 0.0120. The second-order valence-corrected chi connectivity index (χ2v) is 6.53. The van der Waals surface area contributed by atoms with E-state index in [4.69, 9.17) is 4.74 Å². The van der Waals surface area contributed by atoms with Crippen LogP contribution < -0.4 is 0 Å². The molecule has 6 heteroatoms. The summed E-state index contributed by atoms with van der Waals surface area (Å²) in [5, 5.41) is 0. The minimum atomic E-state index is -0.201. The predicted molar refractivity (Wildman–Crippen MR) is 77.7 cm³/mol. The molecule has 0 aromatic carbocycles. The van der Waals surface area contributed by atoms with Gasteiger partial charge in [-0.2, -0.15) is 12.6 Å². The van der Waals surface area contributed by atoms with Crippen LogP contribution in [0, 0.1) is 5.41 Å². The summed E-state index contributed by atoms with van der Waals surface area (Å²) in [6, 6.07) is -0.201. The number of hydrogen-bond acceptors (Lipinski definition) is 4. The van der Waals surface area contributed by atoms with Crippen LogP contribution in [0.4, 0.5) is 0 Å². The lowest BCUT2D eigenvalue weighted by Gasteiger charge is -2.43. The number of nitrogens with zero attached hydrogens (tertiary/aromatic N) is 2. The zero-order chi connectivity index (χ0) is 14.2. The van der Waals surface area contributed by atoms with Crippen molar-refractivity contribution in [2.45, 2.75) is 31.7 Å². The van der Waals surface area contributed by atoms with Crippen molar-refractivity contribution in [2.75, 3.05) is 38.6 Å². The molecule has 2 amide bonds. The molecule has 1 unspecified atom stereocenters. The highest BCUT2D eigenvalue weighted by molar-refractivity contribution is 7.80. The summed E-state index contributed by atoms with van der Waals surface area (Å²) >= 11 is 4.49. The summed E-state index contributed by atoms with van der Waals surface area (Å²) in [5.74, 6) is 0.978. The Bertz CT molecular complexity index is 409. The van der Waals surface area contributed by atoms with Gasteiger partial charge in [-0.25, -0.2) is 0 Å². The number of piperazine rings is 1. The first-order chi connectivity index (χ1) is 9.65. The molecule has 3 fully saturated rings. The first kappa shape index (κ1) is 14.2. The van der Waals surface area contributed by atoms with Gasteiger partial charge in [-0.05, 0) is 31.4 Å². The van der Waals surface area contributed by atoms with E-state index in [1.807, 2.05) is 0 Å². The number of hydrogen-bond donors (Lipinski definition) is 1.